The van der Waals surface area contributed by atoms with Crippen molar-refractivity contribution in [2.75, 3.05) is 6.61 Å². The maximum atomic E-state index is 13.6. The number of amides is 1. The molecular weight excluding hydrogens is 430 g/mol. The largest absolute Gasteiger partial charge is 0.508 e. The third kappa shape index (κ3) is 3.10. The molecule has 5 atom stereocenters. The Hall–Kier alpha value is -3.17. The number of carbonyl (C=O) groups excluding carboxylic acids is 3. The summed E-state index contributed by atoms with van der Waals surface area (Å²) in [6, 6.07) is 5.16. The smallest absolute Gasteiger partial charge is 0.255 e. The minimum Gasteiger partial charge on any atom is -0.508 e. The van der Waals surface area contributed by atoms with E-state index < -0.39 is 70.4 Å². The lowest BCUT2D eigenvalue weighted by Gasteiger charge is -2.50. The van der Waals surface area contributed by atoms with Gasteiger partial charge in [-0.3, -0.25) is 14.4 Å². The second-order valence-corrected chi connectivity index (χ2v) is 8.91. The fourth-order valence-electron chi connectivity index (χ4n) is 5.39. The van der Waals surface area contributed by atoms with E-state index in [0.29, 0.717) is 17.9 Å². The van der Waals surface area contributed by atoms with Crippen molar-refractivity contribution in [3.05, 3.63) is 46.2 Å². The van der Waals surface area contributed by atoms with Crippen molar-refractivity contribution in [3.8, 4) is 5.75 Å². The van der Waals surface area contributed by atoms with Crippen molar-refractivity contribution < 1.29 is 39.5 Å². The average Bonchev–Trinajstić information content (AvgIpc) is 2.76. The average molecular weight is 457 g/mol. The maximum absolute atomic E-state index is 13.6. The first-order chi connectivity index (χ1) is 15.6. The van der Waals surface area contributed by atoms with E-state index in [1.165, 1.54) is 0 Å². The van der Waals surface area contributed by atoms with Crippen LogP contribution in [-0.2, 0) is 14.4 Å². The van der Waals surface area contributed by atoms with Gasteiger partial charge < -0.3 is 30.9 Å². The fraction of sp³-hybridized carbons (Fsp3) is 0.458. The van der Waals surface area contributed by atoms with Crippen molar-refractivity contribution in [2.45, 2.75) is 50.7 Å². The third-order valence-corrected chi connectivity index (χ3v) is 7.10. The van der Waals surface area contributed by atoms with Gasteiger partial charge >= 0.3 is 0 Å². The summed E-state index contributed by atoms with van der Waals surface area (Å²) >= 11 is 0. The van der Waals surface area contributed by atoms with Gasteiger partial charge in [-0.15, -0.1) is 0 Å². The molecule has 0 bridgehead atoms. The molecule has 33 heavy (non-hydrogen) atoms. The number of benzene rings is 1. The van der Waals surface area contributed by atoms with Gasteiger partial charge in [0.15, 0.2) is 11.4 Å². The number of hydrogen-bond acceptors (Lipinski definition) is 8. The Balaban J connectivity index is 1.93. The van der Waals surface area contributed by atoms with Crippen LogP contribution < -0.4 is 10.5 Å². The molecule has 0 heterocycles. The van der Waals surface area contributed by atoms with E-state index in [9.17, 15) is 34.8 Å². The Morgan fingerprint density at radius 2 is 1.97 bits per heavy atom. The molecule has 3 aliphatic rings. The fourth-order valence-corrected chi connectivity index (χ4v) is 5.39. The molecule has 0 saturated heterocycles. The Kier molecular flexibility index (Phi) is 5.58. The number of ether oxygens (including phenoxy) is 1. The van der Waals surface area contributed by atoms with Gasteiger partial charge in [-0.05, 0) is 24.0 Å². The number of ketones is 2. The molecule has 0 aromatic heterocycles. The van der Waals surface area contributed by atoms with Crippen LogP contribution in [0.2, 0.25) is 0 Å². The highest BCUT2D eigenvalue weighted by molar-refractivity contribution is 6.22. The summed E-state index contributed by atoms with van der Waals surface area (Å²) in [7, 11) is 0. The van der Waals surface area contributed by atoms with Gasteiger partial charge in [0.2, 0.25) is 5.78 Å². The van der Waals surface area contributed by atoms with E-state index in [-0.39, 0.29) is 11.1 Å². The second-order valence-electron chi connectivity index (χ2n) is 8.91. The van der Waals surface area contributed by atoms with E-state index in [1.807, 2.05) is 6.92 Å². The highest BCUT2D eigenvalue weighted by Crippen LogP contribution is 2.55. The zero-order valence-electron chi connectivity index (χ0n) is 18.4. The normalized spacial score (nSPS) is 31.2. The highest BCUT2D eigenvalue weighted by Gasteiger charge is 2.64. The van der Waals surface area contributed by atoms with Gasteiger partial charge in [0.25, 0.3) is 5.91 Å². The molecule has 1 fully saturated rings. The summed E-state index contributed by atoms with van der Waals surface area (Å²) in [5.41, 5.74) is 2.19. The molecule has 1 amide bonds. The lowest BCUT2D eigenvalue weighted by molar-refractivity contribution is -0.160. The van der Waals surface area contributed by atoms with E-state index in [0.717, 1.165) is 12.8 Å². The minimum atomic E-state index is -2.77. The van der Waals surface area contributed by atoms with Crippen LogP contribution in [0.4, 0.5) is 0 Å². The number of primary amides is 1. The molecule has 0 aliphatic heterocycles. The third-order valence-electron chi connectivity index (χ3n) is 7.10. The molecule has 0 unspecified atom stereocenters. The van der Waals surface area contributed by atoms with Crippen molar-refractivity contribution in [1.82, 2.24) is 0 Å². The first kappa shape index (κ1) is 23.0. The van der Waals surface area contributed by atoms with Crippen LogP contribution in [0, 0.1) is 11.8 Å². The first-order valence-electron chi connectivity index (χ1n) is 11.0. The molecule has 1 aromatic carbocycles. The Labute approximate surface area is 190 Å². The number of rotatable bonds is 5. The number of aliphatic hydroxyl groups excluding tert-OH is 3. The molecule has 1 aromatic rings. The Bertz CT molecular complexity index is 1120. The first-order valence-corrected chi connectivity index (χ1v) is 11.0. The van der Waals surface area contributed by atoms with Gasteiger partial charge in [0.05, 0.1) is 18.3 Å². The maximum Gasteiger partial charge on any atom is 0.255 e. The van der Waals surface area contributed by atoms with E-state index in [1.54, 1.807) is 25.1 Å². The van der Waals surface area contributed by atoms with E-state index in [2.05, 4.69) is 0 Å². The predicted octanol–water partition coefficient (Wildman–Crippen LogP) is 1.43. The summed E-state index contributed by atoms with van der Waals surface area (Å²) in [5, 5.41) is 44.4. The van der Waals surface area contributed by atoms with Gasteiger partial charge in [0, 0.05) is 23.8 Å². The minimum absolute atomic E-state index is 0.278. The van der Waals surface area contributed by atoms with Crippen molar-refractivity contribution in [2.24, 2.45) is 17.6 Å². The highest BCUT2D eigenvalue weighted by atomic mass is 16.5. The molecule has 176 valence electrons. The Morgan fingerprint density at radius 1 is 1.27 bits per heavy atom. The number of nitrogens with two attached hydrogens (primary N) is 1. The van der Waals surface area contributed by atoms with Crippen LogP contribution >= 0.6 is 0 Å². The molecular formula is C24H27NO8. The van der Waals surface area contributed by atoms with Gasteiger partial charge in [-0.2, -0.15) is 0 Å². The Morgan fingerprint density at radius 3 is 2.61 bits per heavy atom. The lowest BCUT2D eigenvalue weighted by Crippen LogP contribution is -2.63. The molecule has 0 radical (unpaired) electrons. The summed E-state index contributed by atoms with van der Waals surface area (Å²) < 4.78 is 5.83. The monoisotopic (exact) mass is 457 g/mol. The molecule has 9 heteroatoms. The molecule has 3 aliphatic carbocycles. The molecule has 1 saturated carbocycles. The summed E-state index contributed by atoms with van der Waals surface area (Å²) in [4.78, 5) is 37.8. The summed E-state index contributed by atoms with van der Waals surface area (Å²) in [6.07, 6.45) is -0.360. The van der Waals surface area contributed by atoms with Crippen molar-refractivity contribution >= 4 is 23.2 Å². The van der Waals surface area contributed by atoms with Crippen LogP contribution in [-0.4, -0.2) is 56.2 Å². The molecule has 0 spiro atoms. The van der Waals surface area contributed by atoms with Gasteiger partial charge in [0.1, 0.15) is 22.8 Å². The van der Waals surface area contributed by atoms with Crippen LogP contribution in [0.15, 0.2) is 35.1 Å². The van der Waals surface area contributed by atoms with Gasteiger partial charge in [-0.1, -0.05) is 32.4 Å². The molecule has 6 N–H and O–H groups in total. The number of aliphatic hydroxyl groups is 4. The number of hydrogen-bond donors (Lipinski definition) is 5. The second kappa shape index (κ2) is 8.00. The number of fused-ring (bicyclic) bond motifs is 3. The van der Waals surface area contributed by atoms with E-state index >= 15 is 0 Å². The van der Waals surface area contributed by atoms with Crippen molar-refractivity contribution in [1.29, 1.82) is 0 Å². The van der Waals surface area contributed by atoms with Crippen LogP contribution in [0.25, 0.3) is 5.76 Å². The molecule has 4 rings (SSSR count). The number of carbonyl (C=O) groups is 3. The predicted molar refractivity (Wildman–Crippen MR) is 116 cm³/mol. The standard InChI is InChI=1S/C24H27NO8/c1-3-4-8-33-14-7-5-6-11-10(2)15-18(20(28)16(11)14)22(30)24(32)12(19(15)27)9-13(26)17(21(24)29)23(25)31/h5-7,10,12,15,19,27-29,32H,3-4,8-9H2,1-2H3,(H2,25,31)/t10-,12+,15+,19+,24+/m0/s1. The zero-order chi connectivity index (χ0) is 24.2. The molecule has 9 nitrogen and oxygen atoms in total. The van der Waals surface area contributed by atoms with Gasteiger partial charge in [-0.25, -0.2) is 0 Å². The van der Waals surface area contributed by atoms with E-state index in [4.69, 9.17) is 10.5 Å². The quantitative estimate of drug-likeness (QED) is 0.327. The topological polar surface area (TPSA) is 167 Å². The summed E-state index contributed by atoms with van der Waals surface area (Å²) in [5.74, 6) is -7.38. The zero-order valence-corrected chi connectivity index (χ0v) is 18.4. The SMILES string of the molecule is CCCCOc1cccc2c1C(O)=C1C(=O)[C@]3(O)C(O)=C(C(N)=O)C(=O)C[C@@H]3[C@@H](O)[C@@H]1[C@H]2C. The summed E-state index contributed by atoms with van der Waals surface area (Å²) in [6.45, 7) is 4.16. The van der Waals surface area contributed by atoms with Crippen LogP contribution in [0.5, 0.6) is 5.75 Å². The number of Topliss-reactive ketones (excluding diaryl/α,β-unsaturated/α-hetero) is 2. The van der Waals surface area contributed by atoms with Crippen molar-refractivity contribution in [3.63, 3.8) is 0 Å². The number of unbranched alkanes of at least 4 members (excludes halogenated alkanes) is 1. The van der Waals surface area contributed by atoms with Crippen LogP contribution in [0.3, 0.4) is 0 Å². The lowest BCUT2D eigenvalue weighted by atomic mass is 9.55. The van der Waals surface area contributed by atoms with Crippen LogP contribution in [0.1, 0.15) is 50.2 Å².